The Morgan fingerprint density at radius 2 is 1.84 bits per heavy atom. The molecule has 0 aliphatic heterocycles. The third-order valence-corrected chi connectivity index (χ3v) is 10.2. The predicted octanol–water partition coefficient (Wildman–Crippen LogP) is 6.63. The molecule has 0 aromatic heterocycles. The Morgan fingerprint density at radius 1 is 1.24 bits per heavy atom. The van der Waals surface area contributed by atoms with Crippen molar-refractivity contribution in [2.75, 3.05) is 5.32 Å². The highest BCUT2D eigenvalue weighted by molar-refractivity contribution is 9.24. The number of thioether (sulfide) groups is 1. The van der Waals surface area contributed by atoms with Gasteiger partial charge in [-0.05, 0) is 42.5 Å². The number of anilines is 1. The summed E-state index contributed by atoms with van der Waals surface area (Å²) >= 11 is 11.6. The van der Waals surface area contributed by atoms with Gasteiger partial charge < -0.3 is 5.32 Å². The minimum absolute atomic E-state index is 0.0117. The number of hydrogen-bond donors (Lipinski definition) is 1. The van der Waals surface area contributed by atoms with Gasteiger partial charge in [0.15, 0.2) is 0 Å². The van der Waals surface area contributed by atoms with E-state index in [0.717, 1.165) is 12.8 Å². The quantitative estimate of drug-likeness (QED) is 0.323. The fourth-order valence-corrected chi connectivity index (χ4v) is 10.1. The fourth-order valence-electron chi connectivity index (χ4n) is 4.66. The van der Waals surface area contributed by atoms with Crippen molar-refractivity contribution in [1.29, 1.82) is 0 Å². The maximum atomic E-state index is 13.1. The lowest BCUT2D eigenvalue weighted by Crippen LogP contribution is -2.71. The van der Waals surface area contributed by atoms with E-state index in [4.69, 9.17) is 0 Å². The Morgan fingerprint density at radius 3 is 2.28 bits per heavy atom. The Kier molecular flexibility index (Phi) is 5.42. The van der Waals surface area contributed by atoms with Crippen LogP contribution in [0.4, 0.5) is 14.5 Å². The standard InChI is InChI=1S/C17H18Br3F2NOS/c1-15(2)16(12(19)20)7-8-17(15,11(16)18)13(24)23-9-3-5-10(6-4-9)25-14(21)22/h3-6,11-12,14H,7-8H2,1-2H3,(H,23,24). The van der Waals surface area contributed by atoms with Crippen LogP contribution in [0.15, 0.2) is 29.2 Å². The van der Waals surface area contributed by atoms with Crippen LogP contribution < -0.4 is 5.32 Å². The van der Waals surface area contributed by atoms with Crippen molar-refractivity contribution >= 4 is 71.1 Å². The lowest BCUT2D eigenvalue weighted by Gasteiger charge is -2.66. The molecule has 0 radical (unpaired) electrons. The van der Waals surface area contributed by atoms with E-state index in [-0.39, 0.29) is 25.3 Å². The van der Waals surface area contributed by atoms with E-state index >= 15 is 0 Å². The lowest BCUT2D eigenvalue weighted by molar-refractivity contribution is -0.155. The third kappa shape index (κ3) is 2.68. The molecular weight excluding hydrogens is 544 g/mol. The Bertz CT molecular complexity index is 685. The number of carbonyl (C=O) groups excluding carboxylic acids is 1. The molecule has 3 atom stereocenters. The highest BCUT2D eigenvalue weighted by Gasteiger charge is 2.83. The molecule has 1 N–H and O–H groups in total. The average molecular weight is 562 g/mol. The number of rotatable bonds is 5. The van der Waals surface area contributed by atoms with Crippen LogP contribution in [0, 0.1) is 16.2 Å². The second-order valence-electron chi connectivity index (χ2n) is 7.16. The minimum Gasteiger partial charge on any atom is -0.326 e. The largest absolute Gasteiger partial charge is 0.326 e. The van der Waals surface area contributed by atoms with E-state index in [2.05, 4.69) is 67.0 Å². The number of halogens is 5. The van der Waals surface area contributed by atoms with Gasteiger partial charge in [0.25, 0.3) is 5.76 Å². The summed E-state index contributed by atoms with van der Waals surface area (Å²) in [5.74, 6) is -2.46. The summed E-state index contributed by atoms with van der Waals surface area (Å²) in [7, 11) is 0. The van der Waals surface area contributed by atoms with E-state index in [1.54, 1.807) is 24.3 Å². The monoisotopic (exact) mass is 559 g/mol. The first-order chi connectivity index (χ1) is 11.6. The normalized spacial score (nSPS) is 32.8. The summed E-state index contributed by atoms with van der Waals surface area (Å²) in [6.45, 7) is 4.30. The summed E-state index contributed by atoms with van der Waals surface area (Å²) < 4.78 is 24.9. The third-order valence-electron chi connectivity index (χ3n) is 6.23. The number of hydrogen-bond acceptors (Lipinski definition) is 2. The molecule has 0 heterocycles. The SMILES string of the molecule is CC1(C)C2(C(=O)Nc3ccc(SC(F)F)cc3)CCC1(C(Br)Br)C2Br. The Labute approximate surface area is 175 Å². The highest BCUT2D eigenvalue weighted by atomic mass is 79.9. The van der Waals surface area contributed by atoms with Crippen LogP contribution in [-0.4, -0.2) is 20.2 Å². The lowest BCUT2D eigenvalue weighted by atomic mass is 9.43. The van der Waals surface area contributed by atoms with E-state index in [0.29, 0.717) is 22.3 Å². The van der Waals surface area contributed by atoms with Crippen molar-refractivity contribution in [1.82, 2.24) is 0 Å². The summed E-state index contributed by atoms with van der Waals surface area (Å²) in [4.78, 5) is 13.7. The first-order valence-electron chi connectivity index (χ1n) is 7.88. The zero-order valence-electron chi connectivity index (χ0n) is 13.7. The summed E-state index contributed by atoms with van der Waals surface area (Å²) in [5, 5.41) is 2.99. The molecule has 8 heteroatoms. The van der Waals surface area contributed by atoms with Gasteiger partial charge in [0, 0.05) is 20.8 Å². The van der Waals surface area contributed by atoms with Crippen molar-refractivity contribution in [3.05, 3.63) is 24.3 Å². The van der Waals surface area contributed by atoms with E-state index in [1.807, 2.05) is 0 Å². The zero-order valence-corrected chi connectivity index (χ0v) is 19.2. The molecule has 3 aliphatic carbocycles. The average Bonchev–Trinajstić information content (AvgIpc) is 2.98. The van der Waals surface area contributed by atoms with Gasteiger partial charge in [-0.3, -0.25) is 4.79 Å². The van der Waals surface area contributed by atoms with Crippen LogP contribution in [0.1, 0.15) is 26.7 Å². The van der Waals surface area contributed by atoms with Gasteiger partial charge in [-0.2, -0.15) is 8.78 Å². The van der Waals surface area contributed by atoms with Gasteiger partial charge >= 0.3 is 0 Å². The zero-order chi connectivity index (χ0) is 18.6. The van der Waals surface area contributed by atoms with Crippen LogP contribution in [0.5, 0.6) is 0 Å². The van der Waals surface area contributed by atoms with Crippen molar-refractivity contribution in [2.24, 2.45) is 16.2 Å². The second-order valence-corrected chi connectivity index (χ2v) is 12.2. The van der Waals surface area contributed by atoms with E-state index in [1.165, 1.54) is 0 Å². The number of nitrogens with one attached hydrogen (secondary N) is 1. The molecule has 1 aromatic carbocycles. The molecule has 1 amide bonds. The van der Waals surface area contributed by atoms with Crippen molar-refractivity contribution in [2.45, 2.75) is 45.9 Å². The summed E-state index contributed by atoms with van der Waals surface area (Å²) in [6.07, 6.45) is 1.77. The molecule has 25 heavy (non-hydrogen) atoms. The van der Waals surface area contributed by atoms with Crippen LogP contribution in [-0.2, 0) is 4.79 Å². The number of fused-ring (bicyclic) bond motifs is 1. The maximum Gasteiger partial charge on any atom is 0.288 e. The second kappa shape index (κ2) is 6.74. The number of benzene rings is 1. The summed E-state index contributed by atoms with van der Waals surface area (Å²) in [6, 6.07) is 6.56. The van der Waals surface area contributed by atoms with Crippen LogP contribution >= 0.6 is 59.6 Å². The molecule has 0 saturated heterocycles. The molecular formula is C17H18Br3F2NOS. The molecule has 3 saturated carbocycles. The first kappa shape index (κ1) is 20.1. The van der Waals surface area contributed by atoms with E-state index < -0.39 is 11.2 Å². The highest BCUT2D eigenvalue weighted by Crippen LogP contribution is 2.82. The van der Waals surface area contributed by atoms with Crippen molar-refractivity contribution in [3.8, 4) is 0 Å². The molecule has 2 bridgehead atoms. The van der Waals surface area contributed by atoms with Gasteiger partial charge in [0.1, 0.15) is 0 Å². The van der Waals surface area contributed by atoms with Crippen LogP contribution in [0.25, 0.3) is 0 Å². The molecule has 0 spiro atoms. The molecule has 3 fully saturated rings. The minimum atomic E-state index is -2.45. The molecule has 2 nitrogen and oxygen atoms in total. The number of carbonyl (C=O) groups is 1. The fraction of sp³-hybridized carbons (Fsp3) is 0.588. The van der Waals surface area contributed by atoms with Crippen molar-refractivity contribution in [3.63, 3.8) is 0 Å². The van der Waals surface area contributed by atoms with Gasteiger partial charge in [-0.15, -0.1) is 0 Å². The van der Waals surface area contributed by atoms with Crippen molar-refractivity contribution < 1.29 is 13.6 Å². The van der Waals surface area contributed by atoms with Gasteiger partial charge in [-0.1, -0.05) is 73.4 Å². The molecule has 4 rings (SSSR count). The molecule has 3 unspecified atom stereocenters. The van der Waals surface area contributed by atoms with E-state index in [9.17, 15) is 13.6 Å². The molecule has 1 aromatic rings. The summed E-state index contributed by atoms with van der Waals surface area (Å²) in [5.41, 5.74) is -0.0562. The maximum absolute atomic E-state index is 13.1. The predicted molar refractivity (Wildman–Crippen MR) is 109 cm³/mol. The number of alkyl halides is 5. The molecule has 138 valence electrons. The molecule has 3 aliphatic rings. The van der Waals surface area contributed by atoms with Gasteiger partial charge in [0.05, 0.1) is 9.15 Å². The van der Waals surface area contributed by atoms with Gasteiger partial charge in [0.2, 0.25) is 5.91 Å². The first-order valence-corrected chi connectivity index (χ1v) is 11.5. The Balaban J connectivity index is 1.78. The van der Waals surface area contributed by atoms with Gasteiger partial charge in [-0.25, -0.2) is 0 Å². The van der Waals surface area contributed by atoms with Crippen LogP contribution in [0.2, 0.25) is 0 Å². The topological polar surface area (TPSA) is 29.1 Å². The Hall–Kier alpha value is 0.340. The smallest absolute Gasteiger partial charge is 0.288 e. The number of amides is 1. The van der Waals surface area contributed by atoms with Crippen LogP contribution in [0.3, 0.4) is 0 Å².